The van der Waals surface area contributed by atoms with Gasteiger partial charge in [-0.15, -0.1) is 0 Å². The maximum atomic E-state index is 12.1. The predicted molar refractivity (Wildman–Crippen MR) is 66.1 cm³/mol. The summed E-state index contributed by atoms with van der Waals surface area (Å²) >= 11 is 0. The Labute approximate surface area is 114 Å². The van der Waals surface area contributed by atoms with Crippen molar-refractivity contribution in [3.05, 3.63) is 23.8 Å². The van der Waals surface area contributed by atoms with Crippen LogP contribution in [0.5, 0.6) is 0 Å². The fourth-order valence-electron chi connectivity index (χ4n) is 1.43. The third-order valence-electron chi connectivity index (χ3n) is 2.54. The number of anilines is 1. The van der Waals surface area contributed by atoms with Crippen LogP contribution in [0.4, 0.5) is 18.9 Å². The lowest BCUT2D eigenvalue weighted by atomic mass is 10.2. The summed E-state index contributed by atoms with van der Waals surface area (Å²) in [5, 5.41) is 8.65. The zero-order valence-electron chi connectivity index (χ0n) is 10.5. The number of nitriles is 1. The molecule has 0 aliphatic carbocycles. The Morgan fingerprint density at radius 3 is 2.45 bits per heavy atom. The van der Waals surface area contributed by atoms with Crippen LogP contribution in [-0.4, -0.2) is 32.5 Å². The van der Waals surface area contributed by atoms with E-state index in [4.69, 9.17) is 11.0 Å². The van der Waals surface area contributed by atoms with Crippen molar-refractivity contribution in [2.24, 2.45) is 0 Å². The molecule has 0 atom stereocenters. The Morgan fingerprint density at radius 2 is 2.00 bits per heavy atom. The zero-order valence-corrected chi connectivity index (χ0v) is 11.3. The Morgan fingerprint density at radius 1 is 1.40 bits per heavy atom. The molecule has 0 amide bonds. The van der Waals surface area contributed by atoms with E-state index >= 15 is 0 Å². The Hall–Kier alpha value is -1.79. The Kier molecular flexibility index (Phi) is 4.62. The zero-order chi connectivity index (χ0) is 15.6. The maximum absolute atomic E-state index is 12.1. The quantitative estimate of drug-likeness (QED) is 0.858. The fourth-order valence-corrected chi connectivity index (χ4v) is 2.69. The van der Waals surface area contributed by atoms with Crippen LogP contribution in [0.2, 0.25) is 0 Å². The van der Waals surface area contributed by atoms with Gasteiger partial charge in [-0.3, -0.25) is 0 Å². The normalized spacial score (nSPS) is 12.4. The van der Waals surface area contributed by atoms with Gasteiger partial charge in [-0.2, -0.15) is 18.4 Å². The minimum Gasteiger partial charge on any atom is -0.398 e. The molecule has 0 spiro atoms. The van der Waals surface area contributed by atoms with Gasteiger partial charge >= 0.3 is 6.18 Å². The minimum absolute atomic E-state index is 0.166. The molecule has 0 radical (unpaired) electrons. The molecular formula is C11H12F3N3O2S. The highest BCUT2D eigenvalue weighted by atomic mass is 32.2. The molecule has 0 saturated heterocycles. The maximum Gasteiger partial charge on any atom is 0.390 e. The molecular weight excluding hydrogens is 295 g/mol. The molecule has 0 unspecified atom stereocenters. The summed E-state index contributed by atoms with van der Waals surface area (Å²) in [6, 6.07) is 5.28. The second kappa shape index (κ2) is 5.68. The number of halogens is 3. The number of nitrogens with zero attached hydrogens (tertiary/aromatic N) is 2. The summed E-state index contributed by atoms with van der Waals surface area (Å²) in [6.07, 6.45) is -5.70. The number of alkyl halides is 3. The third-order valence-corrected chi connectivity index (χ3v) is 4.47. The SMILES string of the molecule is CN(CCC(F)(F)F)S(=O)(=O)c1ccc(C#N)cc1N. The standard InChI is InChI=1S/C11H12F3N3O2S/c1-17(5-4-11(12,13)14)20(18,19)10-3-2-8(7-15)6-9(10)16/h2-3,6H,4-5,16H2,1H3. The van der Waals surface area contributed by atoms with Crippen molar-refractivity contribution < 1.29 is 21.6 Å². The van der Waals surface area contributed by atoms with Crippen molar-refractivity contribution in [1.82, 2.24) is 4.31 Å². The summed E-state index contributed by atoms with van der Waals surface area (Å²) in [6.45, 7) is -0.703. The van der Waals surface area contributed by atoms with Crippen LogP contribution in [0.25, 0.3) is 0 Å². The topological polar surface area (TPSA) is 87.2 Å². The van der Waals surface area contributed by atoms with Gasteiger partial charge in [0.15, 0.2) is 0 Å². The second-order valence-corrected chi connectivity index (χ2v) is 6.07. The van der Waals surface area contributed by atoms with Crippen molar-refractivity contribution in [2.75, 3.05) is 19.3 Å². The molecule has 0 aliphatic rings. The molecule has 2 N–H and O–H groups in total. The second-order valence-electron chi connectivity index (χ2n) is 4.06. The number of hydrogen-bond acceptors (Lipinski definition) is 4. The molecule has 1 aromatic rings. The van der Waals surface area contributed by atoms with Crippen molar-refractivity contribution in [3.63, 3.8) is 0 Å². The van der Waals surface area contributed by atoms with E-state index in [0.717, 1.165) is 19.2 Å². The molecule has 0 aliphatic heterocycles. The van der Waals surface area contributed by atoms with E-state index in [1.165, 1.54) is 6.07 Å². The molecule has 0 bridgehead atoms. The van der Waals surface area contributed by atoms with Crippen LogP contribution >= 0.6 is 0 Å². The first kappa shape index (κ1) is 16.3. The van der Waals surface area contributed by atoms with Gasteiger partial charge in [0.25, 0.3) is 0 Å². The summed E-state index contributed by atoms with van der Waals surface area (Å²) in [7, 11) is -3.08. The van der Waals surface area contributed by atoms with Crippen molar-refractivity contribution in [2.45, 2.75) is 17.5 Å². The number of hydrogen-bond donors (Lipinski definition) is 1. The number of nitrogen functional groups attached to an aromatic ring is 1. The van der Waals surface area contributed by atoms with Crippen LogP contribution in [0.3, 0.4) is 0 Å². The van der Waals surface area contributed by atoms with Crippen LogP contribution in [-0.2, 0) is 10.0 Å². The molecule has 9 heteroatoms. The summed E-state index contributed by atoms with van der Waals surface area (Å²) < 4.78 is 61.0. The smallest absolute Gasteiger partial charge is 0.390 e. The summed E-state index contributed by atoms with van der Waals surface area (Å²) in [4.78, 5) is -0.318. The highest BCUT2D eigenvalue weighted by molar-refractivity contribution is 7.89. The number of rotatable bonds is 4. The lowest BCUT2D eigenvalue weighted by Gasteiger charge is -2.19. The van der Waals surface area contributed by atoms with E-state index in [9.17, 15) is 21.6 Å². The summed E-state index contributed by atoms with van der Waals surface area (Å²) in [5.74, 6) is 0. The highest BCUT2D eigenvalue weighted by Gasteiger charge is 2.31. The Balaban J connectivity index is 3.02. The fraction of sp³-hybridized carbons (Fsp3) is 0.364. The van der Waals surface area contributed by atoms with E-state index in [-0.39, 0.29) is 16.1 Å². The van der Waals surface area contributed by atoms with Gasteiger partial charge in [-0.05, 0) is 18.2 Å². The van der Waals surface area contributed by atoms with Gasteiger partial charge in [-0.1, -0.05) is 0 Å². The van der Waals surface area contributed by atoms with Crippen LogP contribution in [0.1, 0.15) is 12.0 Å². The molecule has 0 aromatic heterocycles. The van der Waals surface area contributed by atoms with Crippen molar-refractivity contribution in [1.29, 1.82) is 5.26 Å². The molecule has 1 rings (SSSR count). The highest BCUT2D eigenvalue weighted by Crippen LogP contribution is 2.25. The van der Waals surface area contributed by atoms with E-state index < -0.39 is 29.2 Å². The monoisotopic (exact) mass is 307 g/mol. The largest absolute Gasteiger partial charge is 0.398 e. The molecule has 1 aromatic carbocycles. The first-order valence-corrected chi connectivity index (χ1v) is 6.84. The van der Waals surface area contributed by atoms with E-state index in [0.29, 0.717) is 4.31 Å². The number of benzene rings is 1. The lowest BCUT2D eigenvalue weighted by molar-refractivity contribution is -0.135. The molecule has 0 fully saturated rings. The van der Waals surface area contributed by atoms with Gasteiger partial charge in [0.1, 0.15) is 4.90 Å². The summed E-state index contributed by atoms with van der Waals surface area (Å²) in [5.41, 5.74) is 5.51. The van der Waals surface area contributed by atoms with Gasteiger partial charge < -0.3 is 5.73 Å². The molecule has 5 nitrogen and oxygen atoms in total. The van der Waals surface area contributed by atoms with Crippen LogP contribution < -0.4 is 5.73 Å². The predicted octanol–water partition coefficient (Wildman–Crippen LogP) is 1.71. The average molecular weight is 307 g/mol. The van der Waals surface area contributed by atoms with Crippen molar-refractivity contribution in [3.8, 4) is 6.07 Å². The van der Waals surface area contributed by atoms with Crippen molar-refractivity contribution >= 4 is 15.7 Å². The molecule has 20 heavy (non-hydrogen) atoms. The third kappa shape index (κ3) is 3.85. The minimum atomic E-state index is -4.44. The average Bonchev–Trinajstić information content (AvgIpc) is 2.34. The number of nitrogens with two attached hydrogens (primary N) is 1. The van der Waals surface area contributed by atoms with Gasteiger partial charge in [-0.25, -0.2) is 12.7 Å². The van der Waals surface area contributed by atoms with Gasteiger partial charge in [0.05, 0.1) is 23.7 Å². The van der Waals surface area contributed by atoms with Gasteiger partial charge in [0, 0.05) is 13.6 Å². The number of sulfonamides is 1. The Bertz CT molecular complexity index is 635. The van der Waals surface area contributed by atoms with Crippen LogP contribution in [0, 0.1) is 11.3 Å². The lowest BCUT2D eigenvalue weighted by Crippen LogP contribution is -2.31. The first-order valence-electron chi connectivity index (χ1n) is 5.40. The first-order chi connectivity index (χ1) is 9.08. The molecule has 110 valence electrons. The van der Waals surface area contributed by atoms with E-state index in [1.54, 1.807) is 6.07 Å². The molecule has 0 saturated carbocycles. The molecule has 0 heterocycles. The van der Waals surface area contributed by atoms with Gasteiger partial charge in [0.2, 0.25) is 10.0 Å². The van der Waals surface area contributed by atoms with E-state index in [1.807, 2.05) is 0 Å². The van der Waals surface area contributed by atoms with E-state index in [2.05, 4.69) is 0 Å². The van der Waals surface area contributed by atoms with Crippen LogP contribution in [0.15, 0.2) is 23.1 Å².